The van der Waals surface area contributed by atoms with Crippen LogP contribution in [-0.2, 0) is 5.75 Å². The van der Waals surface area contributed by atoms with Crippen LogP contribution in [0.15, 0.2) is 76.6 Å². The maximum absolute atomic E-state index is 12.5. The number of rotatable bonds is 5. The predicted molar refractivity (Wildman–Crippen MR) is 131 cm³/mol. The normalized spacial score (nSPS) is 10.8. The van der Waals surface area contributed by atoms with Gasteiger partial charge in [0.05, 0.1) is 11.4 Å². The molecule has 2 aromatic heterocycles. The highest BCUT2D eigenvalue weighted by Gasteiger charge is 2.10. The van der Waals surface area contributed by atoms with Crippen molar-refractivity contribution >= 4 is 34.8 Å². The minimum absolute atomic E-state index is 0.103. The molecule has 4 aromatic rings. The van der Waals surface area contributed by atoms with Gasteiger partial charge in [0.2, 0.25) is 0 Å². The summed E-state index contributed by atoms with van der Waals surface area (Å²) in [6.07, 6.45) is 1.79. The minimum atomic E-state index is -0.307. The Labute approximate surface area is 190 Å². The molecule has 162 valence electrons. The fraction of sp³-hybridized carbons (Fsp3) is 0.160. The fourth-order valence-electron chi connectivity index (χ4n) is 3.28. The van der Waals surface area contributed by atoms with Gasteiger partial charge in [-0.3, -0.25) is 9.20 Å². The first-order valence-corrected chi connectivity index (χ1v) is 11.2. The fourth-order valence-corrected chi connectivity index (χ4v) is 4.18. The number of hydrogen-bond acceptors (Lipinski definition) is 4. The van der Waals surface area contributed by atoms with E-state index in [4.69, 9.17) is 0 Å². The molecule has 2 aromatic carbocycles. The van der Waals surface area contributed by atoms with Crippen LogP contribution in [0.4, 0.5) is 16.2 Å². The summed E-state index contributed by atoms with van der Waals surface area (Å²) in [4.78, 5) is 30.5. The number of anilines is 2. The van der Waals surface area contributed by atoms with Crippen LogP contribution in [0.25, 0.3) is 5.65 Å². The highest BCUT2D eigenvalue weighted by Crippen LogP contribution is 2.29. The summed E-state index contributed by atoms with van der Waals surface area (Å²) >= 11 is 1.52. The predicted octanol–water partition coefficient (Wildman–Crippen LogP) is 5.56. The number of carbonyl (C=O) groups excluding carboxylic acids is 1. The molecule has 0 radical (unpaired) electrons. The number of amides is 2. The smallest absolute Gasteiger partial charge is 0.308 e. The van der Waals surface area contributed by atoms with Crippen molar-refractivity contribution in [3.8, 4) is 0 Å². The number of thioether (sulfide) groups is 1. The van der Waals surface area contributed by atoms with Gasteiger partial charge in [-0.25, -0.2) is 9.78 Å². The third-order valence-electron chi connectivity index (χ3n) is 5.14. The molecule has 0 aliphatic heterocycles. The second-order valence-electron chi connectivity index (χ2n) is 7.68. The molecule has 32 heavy (non-hydrogen) atoms. The number of carbonyl (C=O) groups is 1. The van der Waals surface area contributed by atoms with Crippen molar-refractivity contribution in [2.75, 3.05) is 10.6 Å². The second-order valence-corrected chi connectivity index (χ2v) is 8.70. The van der Waals surface area contributed by atoms with E-state index in [1.54, 1.807) is 16.7 Å². The third kappa shape index (κ3) is 5.00. The Bertz CT molecular complexity index is 1360. The van der Waals surface area contributed by atoms with Crippen LogP contribution in [0.5, 0.6) is 0 Å². The Hall–Kier alpha value is -3.58. The average molecular weight is 445 g/mol. The van der Waals surface area contributed by atoms with Gasteiger partial charge in [-0.1, -0.05) is 24.3 Å². The van der Waals surface area contributed by atoms with Crippen LogP contribution in [0, 0.1) is 20.8 Å². The Morgan fingerprint density at radius 3 is 2.59 bits per heavy atom. The zero-order valence-electron chi connectivity index (χ0n) is 18.2. The molecule has 2 N–H and O–H groups in total. The van der Waals surface area contributed by atoms with E-state index in [0.717, 1.165) is 21.7 Å². The molecule has 0 saturated carbocycles. The number of para-hydroxylation sites is 1. The third-order valence-corrected chi connectivity index (χ3v) is 6.24. The highest BCUT2D eigenvalue weighted by atomic mass is 32.2. The van der Waals surface area contributed by atoms with Crippen molar-refractivity contribution in [3.05, 3.63) is 99.6 Å². The molecule has 6 nitrogen and oxygen atoms in total. The molecule has 0 aliphatic carbocycles. The van der Waals surface area contributed by atoms with Crippen molar-refractivity contribution in [1.29, 1.82) is 0 Å². The van der Waals surface area contributed by atoms with E-state index < -0.39 is 0 Å². The minimum Gasteiger partial charge on any atom is -0.308 e. The topological polar surface area (TPSA) is 75.5 Å². The number of benzene rings is 2. The number of fused-ring (bicyclic) bond motifs is 1. The van der Waals surface area contributed by atoms with Gasteiger partial charge in [0, 0.05) is 28.6 Å². The first-order chi connectivity index (χ1) is 15.4. The molecule has 0 aliphatic rings. The van der Waals surface area contributed by atoms with Crippen LogP contribution in [0.3, 0.4) is 0 Å². The molecule has 4 rings (SSSR count). The average Bonchev–Trinajstić information content (AvgIpc) is 2.76. The van der Waals surface area contributed by atoms with Gasteiger partial charge in [-0.2, -0.15) is 0 Å². The summed E-state index contributed by atoms with van der Waals surface area (Å²) in [6.45, 7) is 5.99. The summed E-state index contributed by atoms with van der Waals surface area (Å²) in [5, 5.41) is 5.80. The van der Waals surface area contributed by atoms with Crippen LogP contribution in [0.2, 0.25) is 0 Å². The summed E-state index contributed by atoms with van der Waals surface area (Å²) in [7, 11) is 0. The lowest BCUT2D eigenvalue weighted by Crippen LogP contribution is -2.20. The zero-order chi connectivity index (χ0) is 22.7. The van der Waals surface area contributed by atoms with Gasteiger partial charge >= 0.3 is 6.03 Å². The maximum Gasteiger partial charge on any atom is 0.323 e. The lowest BCUT2D eigenvalue weighted by molar-refractivity contribution is 0.262. The highest BCUT2D eigenvalue weighted by molar-refractivity contribution is 7.98. The van der Waals surface area contributed by atoms with Gasteiger partial charge in [0.1, 0.15) is 5.65 Å². The van der Waals surface area contributed by atoms with Crippen LogP contribution in [0.1, 0.15) is 22.4 Å². The molecule has 7 heteroatoms. The molecule has 0 bridgehead atoms. The first-order valence-electron chi connectivity index (χ1n) is 10.2. The van der Waals surface area contributed by atoms with E-state index in [-0.39, 0.29) is 11.6 Å². The number of nitrogens with zero attached hydrogens (tertiary/aromatic N) is 2. The standard InChI is InChI=1S/C25H24N4O2S/c1-16-8-11-23-26-20(13-24(30)29(23)14-16)15-32-22-7-5-4-6-21(22)28-25(31)27-19-10-9-17(2)18(3)12-19/h4-14H,15H2,1-3H3,(H2,27,28,31). The van der Waals surface area contributed by atoms with Crippen molar-refractivity contribution in [2.24, 2.45) is 0 Å². The van der Waals surface area contributed by atoms with Gasteiger partial charge in [-0.05, 0) is 67.8 Å². The van der Waals surface area contributed by atoms with Gasteiger partial charge < -0.3 is 10.6 Å². The first kappa shape index (κ1) is 21.6. The van der Waals surface area contributed by atoms with Gasteiger partial charge in [0.25, 0.3) is 5.56 Å². The van der Waals surface area contributed by atoms with Crippen LogP contribution in [-0.4, -0.2) is 15.4 Å². The Kier molecular flexibility index (Phi) is 6.28. The van der Waals surface area contributed by atoms with Crippen LogP contribution >= 0.6 is 11.8 Å². The Morgan fingerprint density at radius 1 is 0.969 bits per heavy atom. The number of hydrogen-bond donors (Lipinski definition) is 2. The molecule has 0 fully saturated rings. The van der Waals surface area contributed by atoms with E-state index in [0.29, 0.717) is 22.8 Å². The molecular weight excluding hydrogens is 420 g/mol. The molecule has 2 heterocycles. The molecular formula is C25H24N4O2S. The lowest BCUT2D eigenvalue weighted by Gasteiger charge is -2.12. The second kappa shape index (κ2) is 9.28. The summed E-state index contributed by atoms with van der Waals surface area (Å²) in [5.41, 5.74) is 5.95. The number of aryl methyl sites for hydroxylation is 3. The molecule has 2 amide bonds. The molecule has 0 spiro atoms. The van der Waals surface area contributed by atoms with E-state index in [1.165, 1.54) is 17.3 Å². The van der Waals surface area contributed by atoms with Crippen LogP contribution < -0.4 is 16.2 Å². The number of pyridine rings is 1. The molecule has 0 atom stereocenters. The summed E-state index contributed by atoms with van der Waals surface area (Å²) in [6, 6.07) is 18.4. The largest absolute Gasteiger partial charge is 0.323 e. The maximum atomic E-state index is 12.5. The van der Waals surface area contributed by atoms with E-state index >= 15 is 0 Å². The van der Waals surface area contributed by atoms with Crippen molar-refractivity contribution < 1.29 is 4.79 Å². The SMILES string of the molecule is Cc1ccc2nc(CSc3ccccc3NC(=O)Nc3ccc(C)c(C)c3)cc(=O)n2c1. The quantitative estimate of drug-likeness (QED) is 0.395. The van der Waals surface area contributed by atoms with E-state index in [2.05, 4.69) is 15.6 Å². The Morgan fingerprint density at radius 2 is 1.78 bits per heavy atom. The Balaban J connectivity index is 1.47. The monoisotopic (exact) mass is 444 g/mol. The number of aromatic nitrogens is 2. The van der Waals surface area contributed by atoms with Crippen molar-refractivity contribution in [2.45, 2.75) is 31.4 Å². The summed E-state index contributed by atoms with van der Waals surface area (Å²) in [5.74, 6) is 0.511. The van der Waals surface area contributed by atoms with E-state index in [9.17, 15) is 9.59 Å². The molecule has 0 unspecified atom stereocenters. The lowest BCUT2D eigenvalue weighted by atomic mass is 10.1. The molecule has 0 saturated heterocycles. The number of urea groups is 1. The van der Waals surface area contributed by atoms with Gasteiger partial charge in [-0.15, -0.1) is 11.8 Å². The van der Waals surface area contributed by atoms with Crippen molar-refractivity contribution in [3.63, 3.8) is 0 Å². The zero-order valence-corrected chi connectivity index (χ0v) is 19.0. The van der Waals surface area contributed by atoms with Crippen molar-refractivity contribution in [1.82, 2.24) is 9.38 Å². The summed E-state index contributed by atoms with van der Waals surface area (Å²) < 4.78 is 1.55. The van der Waals surface area contributed by atoms with Gasteiger partial charge in [0.15, 0.2) is 0 Å². The number of nitrogens with one attached hydrogen (secondary N) is 2. The van der Waals surface area contributed by atoms with E-state index in [1.807, 2.05) is 75.4 Å².